The molecule has 0 saturated carbocycles. The molecule has 0 aliphatic rings. The highest BCUT2D eigenvalue weighted by atomic mass is 16.4. The smallest absolute Gasteiger partial charge is 0.326 e. The number of hydrogen-bond acceptors (Lipinski definition) is 4. The van der Waals surface area contributed by atoms with Gasteiger partial charge in [0.2, 0.25) is 0 Å². The van der Waals surface area contributed by atoms with E-state index in [9.17, 15) is 19.5 Å². The van der Waals surface area contributed by atoms with Gasteiger partial charge in [0.15, 0.2) is 5.96 Å². The number of carboxylic acids is 1. The Morgan fingerprint density at radius 3 is 2.37 bits per heavy atom. The molecule has 3 aromatic rings. The van der Waals surface area contributed by atoms with E-state index >= 15 is 0 Å². The van der Waals surface area contributed by atoms with Crippen LogP contribution in [-0.2, 0) is 17.8 Å². The van der Waals surface area contributed by atoms with Gasteiger partial charge >= 0.3 is 5.97 Å². The Bertz CT molecular complexity index is 1240. The average molecular weight is 476 g/mol. The van der Waals surface area contributed by atoms with E-state index in [1.165, 1.54) is 10.6 Å². The van der Waals surface area contributed by atoms with Crippen LogP contribution in [0.25, 0.3) is 0 Å². The molecule has 0 radical (unpaired) electrons. The first kappa shape index (κ1) is 25.2. The monoisotopic (exact) mass is 475 g/mol. The summed E-state index contributed by atoms with van der Waals surface area (Å²) in [7, 11) is 0. The molecule has 0 fully saturated rings. The fourth-order valence-electron chi connectivity index (χ4n) is 3.74. The van der Waals surface area contributed by atoms with Gasteiger partial charge in [-0.05, 0) is 48.1 Å². The molecule has 1 aromatic heterocycles. The van der Waals surface area contributed by atoms with Gasteiger partial charge in [0.25, 0.3) is 11.5 Å². The fourth-order valence-corrected chi connectivity index (χ4v) is 3.74. The second-order valence-corrected chi connectivity index (χ2v) is 8.13. The second-order valence-electron chi connectivity index (χ2n) is 8.13. The van der Waals surface area contributed by atoms with Crippen LogP contribution in [0.5, 0.6) is 0 Å². The van der Waals surface area contributed by atoms with Crippen molar-refractivity contribution in [2.75, 3.05) is 6.54 Å². The van der Waals surface area contributed by atoms with Gasteiger partial charge in [0.05, 0.1) is 6.54 Å². The predicted molar refractivity (Wildman–Crippen MR) is 134 cm³/mol. The summed E-state index contributed by atoms with van der Waals surface area (Å²) < 4.78 is 1.45. The van der Waals surface area contributed by atoms with Crippen molar-refractivity contribution in [3.8, 4) is 0 Å². The number of guanidine groups is 1. The molecule has 1 heterocycles. The molecule has 0 spiro atoms. The topological polar surface area (TPSA) is 150 Å². The van der Waals surface area contributed by atoms with Gasteiger partial charge in [-0.1, -0.05) is 54.6 Å². The molecule has 3 rings (SSSR count). The largest absolute Gasteiger partial charge is 0.480 e. The number of nitrogens with zero attached hydrogens (tertiary/aromatic N) is 1. The van der Waals surface area contributed by atoms with E-state index in [0.717, 1.165) is 16.7 Å². The first-order chi connectivity index (χ1) is 16.8. The van der Waals surface area contributed by atoms with E-state index in [1.807, 2.05) is 54.6 Å². The number of hydrogen-bond donors (Lipinski definition) is 5. The Balaban J connectivity index is 1.74. The molecule has 9 nitrogen and oxygen atoms in total. The first-order valence-electron chi connectivity index (χ1n) is 11.3. The van der Waals surface area contributed by atoms with Crippen molar-refractivity contribution in [1.29, 1.82) is 5.41 Å². The summed E-state index contributed by atoms with van der Waals surface area (Å²) in [6, 6.07) is 19.7. The quantitative estimate of drug-likeness (QED) is 0.162. The van der Waals surface area contributed by atoms with Crippen LogP contribution in [0.2, 0.25) is 0 Å². The number of carbonyl (C=O) groups is 2. The molecule has 0 bridgehead atoms. The maximum atomic E-state index is 13.1. The zero-order valence-corrected chi connectivity index (χ0v) is 19.2. The van der Waals surface area contributed by atoms with E-state index in [1.54, 1.807) is 12.3 Å². The molecule has 0 aliphatic heterocycles. The van der Waals surface area contributed by atoms with Gasteiger partial charge in [-0.25, -0.2) is 4.79 Å². The highest BCUT2D eigenvalue weighted by Crippen LogP contribution is 2.15. The van der Waals surface area contributed by atoms with Crippen LogP contribution in [-0.4, -0.2) is 40.1 Å². The van der Waals surface area contributed by atoms with E-state index in [-0.39, 0.29) is 24.5 Å². The van der Waals surface area contributed by atoms with Crippen LogP contribution in [0, 0.1) is 5.41 Å². The molecule has 182 valence electrons. The van der Waals surface area contributed by atoms with Crippen LogP contribution in [0.1, 0.15) is 39.9 Å². The maximum Gasteiger partial charge on any atom is 0.326 e. The lowest BCUT2D eigenvalue weighted by atomic mass is 9.99. The molecule has 0 aliphatic carbocycles. The number of benzene rings is 2. The molecular weight excluding hydrogens is 446 g/mol. The number of aromatic nitrogens is 1. The number of carbonyl (C=O) groups excluding carboxylic acids is 1. The molecular formula is C26H29N5O4. The Kier molecular flexibility index (Phi) is 8.77. The van der Waals surface area contributed by atoms with Gasteiger partial charge < -0.3 is 26.0 Å². The van der Waals surface area contributed by atoms with E-state index in [2.05, 4.69) is 10.6 Å². The van der Waals surface area contributed by atoms with Crippen molar-refractivity contribution in [1.82, 2.24) is 15.2 Å². The predicted octanol–water partition coefficient (Wildman–Crippen LogP) is 1.93. The van der Waals surface area contributed by atoms with Crippen LogP contribution < -0.4 is 21.9 Å². The molecule has 0 saturated heterocycles. The minimum atomic E-state index is -1.20. The van der Waals surface area contributed by atoms with Crippen LogP contribution in [0.3, 0.4) is 0 Å². The zero-order chi connectivity index (χ0) is 25.2. The minimum Gasteiger partial charge on any atom is -0.480 e. The lowest BCUT2D eigenvalue weighted by Crippen LogP contribution is -2.43. The number of pyridine rings is 1. The second kappa shape index (κ2) is 12.2. The van der Waals surface area contributed by atoms with Gasteiger partial charge in [-0.2, -0.15) is 0 Å². The number of amides is 1. The SMILES string of the molecule is N=C(N)NCCC[C@H](NC(=O)c1cccn(Cc2ccccc2Cc2ccccc2)c1=O)C(=O)O. The van der Waals surface area contributed by atoms with Crippen molar-refractivity contribution in [2.24, 2.45) is 5.73 Å². The van der Waals surface area contributed by atoms with E-state index in [0.29, 0.717) is 19.4 Å². The van der Waals surface area contributed by atoms with Gasteiger partial charge in [0, 0.05) is 12.7 Å². The summed E-state index contributed by atoms with van der Waals surface area (Å²) in [5, 5.41) is 21.6. The Morgan fingerprint density at radius 1 is 1.00 bits per heavy atom. The number of nitrogens with two attached hydrogens (primary N) is 1. The van der Waals surface area contributed by atoms with Crippen molar-refractivity contribution in [3.05, 3.63) is 106 Å². The molecule has 1 atom stereocenters. The number of carboxylic acid groups (broad SMARTS) is 1. The zero-order valence-electron chi connectivity index (χ0n) is 19.2. The van der Waals surface area contributed by atoms with E-state index in [4.69, 9.17) is 11.1 Å². The first-order valence-corrected chi connectivity index (χ1v) is 11.3. The summed E-state index contributed by atoms with van der Waals surface area (Å²) in [5.41, 5.74) is 7.77. The third kappa shape index (κ3) is 7.29. The molecule has 35 heavy (non-hydrogen) atoms. The van der Waals surface area contributed by atoms with Crippen molar-refractivity contribution < 1.29 is 14.7 Å². The number of aliphatic carboxylic acids is 1. The molecule has 9 heteroatoms. The number of nitrogens with one attached hydrogen (secondary N) is 3. The normalized spacial score (nSPS) is 11.4. The lowest BCUT2D eigenvalue weighted by Gasteiger charge is -2.16. The van der Waals surface area contributed by atoms with Crippen molar-refractivity contribution in [3.63, 3.8) is 0 Å². The molecule has 1 amide bonds. The minimum absolute atomic E-state index is 0.120. The Morgan fingerprint density at radius 2 is 1.69 bits per heavy atom. The van der Waals surface area contributed by atoms with Crippen molar-refractivity contribution >= 4 is 17.8 Å². The van der Waals surface area contributed by atoms with Gasteiger partial charge in [-0.3, -0.25) is 15.0 Å². The fraction of sp³-hybridized carbons (Fsp3) is 0.231. The molecule has 6 N–H and O–H groups in total. The summed E-state index contributed by atoms with van der Waals surface area (Å²) in [4.78, 5) is 37.4. The Labute approximate surface area is 203 Å². The Hall–Kier alpha value is -4.40. The summed E-state index contributed by atoms with van der Waals surface area (Å²) in [6.07, 6.45) is 2.81. The molecule has 0 unspecified atom stereocenters. The number of rotatable bonds is 11. The summed E-state index contributed by atoms with van der Waals surface area (Å²) in [5.74, 6) is -2.16. The average Bonchev–Trinajstić information content (AvgIpc) is 2.83. The lowest BCUT2D eigenvalue weighted by molar-refractivity contribution is -0.139. The van der Waals surface area contributed by atoms with E-state index < -0.39 is 23.5 Å². The highest BCUT2D eigenvalue weighted by molar-refractivity contribution is 5.96. The van der Waals surface area contributed by atoms with Crippen LogP contribution >= 0.6 is 0 Å². The third-order valence-corrected chi connectivity index (χ3v) is 5.55. The van der Waals surface area contributed by atoms with Gasteiger partial charge in [-0.15, -0.1) is 0 Å². The standard InChI is InChI=1S/C26H29N5O4/c27-26(28)29-14-6-13-22(25(34)35)30-23(32)21-12-7-15-31(24(21)33)17-20-11-5-4-10-19(20)16-18-8-2-1-3-9-18/h1-5,7-12,15,22H,6,13-14,16-17H2,(H,30,32)(H,34,35)(H4,27,28,29)/t22-/m0/s1. The summed E-state index contributed by atoms with van der Waals surface area (Å²) in [6.45, 7) is 0.581. The van der Waals surface area contributed by atoms with Crippen LogP contribution in [0.15, 0.2) is 77.7 Å². The summed E-state index contributed by atoms with van der Waals surface area (Å²) >= 11 is 0. The highest BCUT2D eigenvalue weighted by Gasteiger charge is 2.22. The molecule has 2 aromatic carbocycles. The van der Waals surface area contributed by atoms with Crippen molar-refractivity contribution in [2.45, 2.75) is 31.8 Å². The maximum absolute atomic E-state index is 13.1. The van der Waals surface area contributed by atoms with Crippen LogP contribution in [0.4, 0.5) is 0 Å². The van der Waals surface area contributed by atoms with Gasteiger partial charge in [0.1, 0.15) is 11.6 Å². The third-order valence-electron chi connectivity index (χ3n) is 5.55.